The molecule has 0 radical (unpaired) electrons. The standard InChI is InChI=1S/C20H23N3O2/c1-3-8-16-11-12-19(20(15-16)24-2)25-14-7-6-13-23-18-10-5-4-9-17(18)21-22-23/h3-5,9-12,15H,1,6-8,13-14H2,2H3. The molecule has 0 bridgehead atoms. The van der Waals surface area contributed by atoms with Gasteiger partial charge in [0.2, 0.25) is 0 Å². The van der Waals surface area contributed by atoms with Crippen molar-refractivity contribution in [3.8, 4) is 11.5 Å². The van der Waals surface area contributed by atoms with E-state index < -0.39 is 0 Å². The summed E-state index contributed by atoms with van der Waals surface area (Å²) in [6.07, 6.45) is 4.61. The lowest BCUT2D eigenvalue weighted by Crippen LogP contribution is -2.04. The maximum atomic E-state index is 5.87. The Morgan fingerprint density at radius 3 is 2.84 bits per heavy atom. The molecule has 0 atom stereocenters. The van der Waals surface area contributed by atoms with E-state index >= 15 is 0 Å². The Hall–Kier alpha value is -2.82. The van der Waals surface area contributed by atoms with Crippen LogP contribution in [0.15, 0.2) is 55.1 Å². The van der Waals surface area contributed by atoms with E-state index in [0.717, 1.165) is 53.9 Å². The van der Waals surface area contributed by atoms with Crippen molar-refractivity contribution in [2.24, 2.45) is 0 Å². The zero-order chi connectivity index (χ0) is 17.5. The topological polar surface area (TPSA) is 49.2 Å². The van der Waals surface area contributed by atoms with Gasteiger partial charge in [-0.25, -0.2) is 4.68 Å². The van der Waals surface area contributed by atoms with Gasteiger partial charge in [0, 0.05) is 6.54 Å². The van der Waals surface area contributed by atoms with E-state index in [1.165, 1.54) is 0 Å². The van der Waals surface area contributed by atoms with Gasteiger partial charge >= 0.3 is 0 Å². The molecule has 0 saturated heterocycles. The van der Waals surface area contributed by atoms with E-state index in [0.29, 0.717) is 6.61 Å². The van der Waals surface area contributed by atoms with E-state index in [2.05, 4.69) is 16.9 Å². The van der Waals surface area contributed by atoms with Crippen LogP contribution in [0.1, 0.15) is 18.4 Å². The van der Waals surface area contributed by atoms with Gasteiger partial charge in [0.15, 0.2) is 11.5 Å². The molecule has 3 rings (SSSR count). The molecule has 0 aliphatic carbocycles. The third-order valence-electron chi connectivity index (χ3n) is 4.05. The number of methoxy groups -OCH3 is 1. The minimum Gasteiger partial charge on any atom is -0.493 e. The fourth-order valence-corrected chi connectivity index (χ4v) is 2.75. The van der Waals surface area contributed by atoms with E-state index in [4.69, 9.17) is 9.47 Å². The summed E-state index contributed by atoms with van der Waals surface area (Å²) in [5, 5.41) is 8.37. The van der Waals surface area contributed by atoms with Crippen molar-refractivity contribution >= 4 is 11.0 Å². The molecule has 1 aromatic heterocycles. The predicted molar refractivity (Wildman–Crippen MR) is 99.2 cm³/mol. The van der Waals surface area contributed by atoms with Crippen molar-refractivity contribution in [1.82, 2.24) is 15.0 Å². The molecule has 5 nitrogen and oxygen atoms in total. The largest absolute Gasteiger partial charge is 0.493 e. The molecule has 0 spiro atoms. The van der Waals surface area contributed by atoms with Gasteiger partial charge in [0.05, 0.1) is 19.2 Å². The summed E-state index contributed by atoms with van der Waals surface area (Å²) in [6, 6.07) is 14.0. The van der Waals surface area contributed by atoms with E-state index in [-0.39, 0.29) is 0 Å². The van der Waals surface area contributed by atoms with E-state index in [1.54, 1.807) is 7.11 Å². The highest BCUT2D eigenvalue weighted by Gasteiger charge is 2.06. The van der Waals surface area contributed by atoms with Crippen molar-refractivity contribution in [2.75, 3.05) is 13.7 Å². The molecule has 0 fully saturated rings. The maximum Gasteiger partial charge on any atom is 0.161 e. The second-order valence-corrected chi connectivity index (χ2v) is 5.83. The number of unbranched alkanes of at least 4 members (excludes halogenated alkanes) is 1. The Labute approximate surface area is 147 Å². The van der Waals surface area contributed by atoms with Crippen LogP contribution in [0.5, 0.6) is 11.5 Å². The average Bonchev–Trinajstić information content (AvgIpc) is 3.06. The van der Waals surface area contributed by atoms with Crippen LogP contribution in [0.3, 0.4) is 0 Å². The first-order chi connectivity index (χ1) is 12.3. The molecule has 0 aliphatic heterocycles. The van der Waals surface area contributed by atoms with Crippen LogP contribution in [-0.2, 0) is 13.0 Å². The van der Waals surface area contributed by atoms with Crippen LogP contribution in [-0.4, -0.2) is 28.7 Å². The van der Waals surface area contributed by atoms with Crippen LogP contribution in [0.25, 0.3) is 11.0 Å². The lowest BCUT2D eigenvalue weighted by Gasteiger charge is -2.12. The predicted octanol–water partition coefficient (Wildman–Crippen LogP) is 4.03. The molecule has 25 heavy (non-hydrogen) atoms. The van der Waals surface area contributed by atoms with Gasteiger partial charge in [0.1, 0.15) is 5.52 Å². The monoisotopic (exact) mass is 337 g/mol. The molecule has 0 aliphatic rings. The summed E-state index contributed by atoms with van der Waals surface area (Å²) in [5.74, 6) is 1.54. The van der Waals surface area contributed by atoms with Crippen LogP contribution in [0, 0.1) is 0 Å². The molecule has 1 heterocycles. The molecule has 2 aromatic carbocycles. The molecule has 0 amide bonds. The summed E-state index contributed by atoms with van der Waals surface area (Å²) < 4.78 is 13.2. The number of aryl methyl sites for hydroxylation is 1. The highest BCUT2D eigenvalue weighted by molar-refractivity contribution is 5.73. The molecule has 5 heteroatoms. The summed E-state index contributed by atoms with van der Waals surface area (Å²) in [7, 11) is 1.66. The Morgan fingerprint density at radius 2 is 2.00 bits per heavy atom. The lowest BCUT2D eigenvalue weighted by atomic mass is 10.1. The molecular formula is C20H23N3O2. The third kappa shape index (κ3) is 4.18. The molecule has 0 saturated carbocycles. The van der Waals surface area contributed by atoms with E-state index in [9.17, 15) is 0 Å². The Balaban J connectivity index is 1.49. The average molecular weight is 337 g/mol. The van der Waals surface area contributed by atoms with Crippen molar-refractivity contribution in [1.29, 1.82) is 0 Å². The van der Waals surface area contributed by atoms with Gasteiger partial charge in [-0.2, -0.15) is 0 Å². The first-order valence-electron chi connectivity index (χ1n) is 8.50. The highest BCUT2D eigenvalue weighted by Crippen LogP contribution is 2.28. The van der Waals surface area contributed by atoms with Crippen LogP contribution < -0.4 is 9.47 Å². The number of hydrogen-bond donors (Lipinski definition) is 0. The van der Waals surface area contributed by atoms with Gasteiger partial charge in [-0.05, 0) is 49.1 Å². The minimum atomic E-state index is 0.643. The number of hydrogen-bond acceptors (Lipinski definition) is 4. The van der Waals surface area contributed by atoms with Crippen molar-refractivity contribution in [2.45, 2.75) is 25.8 Å². The maximum absolute atomic E-state index is 5.87. The summed E-state index contributed by atoms with van der Waals surface area (Å²) in [4.78, 5) is 0. The summed E-state index contributed by atoms with van der Waals surface area (Å²) in [5.41, 5.74) is 3.17. The molecular weight excluding hydrogens is 314 g/mol. The third-order valence-corrected chi connectivity index (χ3v) is 4.05. The number of rotatable bonds is 9. The van der Waals surface area contributed by atoms with Crippen molar-refractivity contribution in [3.05, 3.63) is 60.7 Å². The highest BCUT2D eigenvalue weighted by atomic mass is 16.5. The Kier molecular flexibility index (Phi) is 5.67. The number of ether oxygens (including phenoxy) is 2. The van der Waals surface area contributed by atoms with Crippen LogP contribution >= 0.6 is 0 Å². The Morgan fingerprint density at radius 1 is 1.12 bits per heavy atom. The smallest absolute Gasteiger partial charge is 0.161 e. The quantitative estimate of drug-likeness (QED) is 0.437. The first-order valence-corrected chi connectivity index (χ1v) is 8.50. The van der Waals surface area contributed by atoms with Gasteiger partial charge in [0.25, 0.3) is 0 Å². The fourth-order valence-electron chi connectivity index (χ4n) is 2.75. The molecule has 0 unspecified atom stereocenters. The van der Waals surface area contributed by atoms with Gasteiger partial charge in [-0.15, -0.1) is 11.7 Å². The zero-order valence-corrected chi connectivity index (χ0v) is 14.5. The van der Waals surface area contributed by atoms with Crippen molar-refractivity contribution < 1.29 is 9.47 Å². The normalized spacial score (nSPS) is 10.8. The number of allylic oxidation sites excluding steroid dienone is 1. The van der Waals surface area contributed by atoms with Crippen LogP contribution in [0.4, 0.5) is 0 Å². The lowest BCUT2D eigenvalue weighted by molar-refractivity contribution is 0.283. The number of aromatic nitrogens is 3. The minimum absolute atomic E-state index is 0.643. The molecule has 3 aromatic rings. The molecule has 0 N–H and O–H groups in total. The number of benzene rings is 2. The number of para-hydroxylation sites is 1. The Bertz CT molecular complexity index is 842. The molecule has 130 valence electrons. The summed E-state index contributed by atoms with van der Waals surface area (Å²) in [6.45, 7) is 5.24. The van der Waals surface area contributed by atoms with Gasteiger partial charge in [-0.3, -0.25) is 0 Å². The SMILES string of the molecule is C=CCc1ccc(OCCCCn2nnc3ccccc32)c(OC)c1. The second-order valence-electron chi connectivity index (χ2n) is 5.83. The first kappa shape index (κ1) is 17.0. The number of fused-ring (bicyclic) bond motifs is 1. The summed E-state index contributed by atoms with van der Waals surface area (Å²) >= 11 is 0. The van der Waals surface area contributed by atoms with Gasteiger partial charge < -0.3 is 9.47 Å². The fraction of sp³-hybridized carbons (Fsp3) is 0.300. The van der Waals surface area contributed by atoms with Crippen LogP contribution in [0.2, 0.25) is 0 Å². The second kappa shape index (κ2) is 8.33. The van der Waals surface area contributed by atoms with Gasteiger partial charge in [-0.1, -0.05) is 29.5 Å². The van der Waals surface area contributed by atoms with Crippen molar-refractivity contribution in [3.63, 3.8) is 0 Å². The number of nitrogens with zero attached hydrogens (tertiary/aromatic N) is 3. The van der Waals surface area contributed by atoms with E-state index in [1.807, 2.05) is 53.2 Å². The zero-order valence-electron chi connectivity index (χ0n) is 14.5.